The third kappa shape index (κ3) is 7.89. The van der Waals surface area contributed by atoms with Gasteiger partial charge in [0, 0.05) is 0 Å². The predicted molar refractivity (Wildman–Crippen MR) is 81.7 cm³/mol. The monoisotopic (exact) mass is 264 g/mol. The van der Waals surface area contributed by atoms with Gasteiger partial charge in [-0.05, 0) is 49.8 Å². The van der Waals surface area contributed by atoms with E-state index in [4.69, 9.17) is 4.74 Å². The lowest BCUT2D eigenvalue weighted by Crippen LogP contribution is -2.84. The van der Waals surface area contributed by atoms with Crippen molar-refractivity contribution < 1.29 is 10.1 Å². The molecule has 108 valence electrons. The predicted octanol–water partition coefficient (Wildman–Crippen LogP) is 3.16. The van der Waals surface area contributed by atoms with Gasteiger partial charge in [-0.25, -0.2) is 0 Å². The molecule has 0 fully saturated rings. The minimum Gasteiger partial charge on any atom is -0.494 e. The van der Waals surface area contributed by atoms with Crippen molar-refractivity contribution in [1.29, 1.82) is 0 Å². The molecule has 0 spiro atoms. The van der Waals surface area contributed by atoms with Crippen LogP contribution in [0.5, 0.6) is 5.75 Å². The Morgan fingerprint density at radius 3 is 2.32 bits per heavy atom. The molecule has 2 N–H and O–H groups in total. The van der Waals surface area contributed by atoms with Gasteiger partial charge < -0.3 is 10.1 Å². The van der Waals surface area contributed by atoms with Crippen molar-refractivity contribution in [3.8, 4) is 5.75 Å². The van der Waals surface area contributed by atoms with Gasteiger partial charge in [0.25, 0.3) is 0 Å². The van der Waals surface area contributed by atoms with Gasteiger partial charge in [0.15, 0.2) is 0 Å². The minimum atomic E-state index is 0.848. The highest BCUT2D eigenvalue weighted by atomic mass is 16.5. The molecule has 0 aromatic heterocycles. The first-order chi connectivity index (χ1) is 9.36. The maximum Gasteiger partial charge on any atom is 0.119 e. The molecule has 0 amide bonds. The van der Waals surface area contributed by atoms with Crippen molar-refractivity contribution in [3.05, 3.63) is 29.8 Å². The molecule has 0 aliphatic rings. The van der Waals surface area contributed by atoms with Gasteiger partial charge in [-0.1, -0.05) is 32.4 Å². The van der Waals surface area contributed by atoms with E-state index in [0.717, 1.165) is 25.2 Å². The molecule has 0 atom stereocenters. The molecule has 0 saturated heterocycles. The zero-order valence-corrected chi connectivity index (χ0v) is 12.7. The molecule has 0 saturated carbocycles. The van der Waals surface area contributed by atoms with Crippen molar-refractivity contribution >= 4 is 0 Å². The largest absolute Gasteiger partial charge is 0.494 e. The Morgan fingerprint density at radius 2 is 1.63 bits per heavy atom. The lowest BCUT2D eigenvalue weighted by Gasteiger charge is -2.06. The third-order valence-electron chi connectivity index (χ3n) is 3.41. The maximum atomic E-state index is 5.74. The van der Waals surface area contributed by atoms with Crippen LogP contribution in [0.3, 0.4) is 0 Å². The first-order valence-corrected chi connectivity index (χ1v) is 7.90. The van der Waals surface area contributed by atoms with Gasteiger partial charge in [-0.2, -0.15) is 0 Å². The Labute approximate surface area is 118 Å². The van der Waals surface area contributed by atoms with Crippen LogP contribution in [0.2, 0.25) is 0 Å². The normalized spacial score (nSPS) is 10.6. The van der Waals surface area contributed by atoms with Crippen LogP contribution < -0.4 is 10.1 Å². The fourth-order valence-electron chi connectivity index (χ4n) is 2.07. The number of aryl methyl sites for hydroxylation is 1. The van der Waals surface area contributed by atoms with Crippen LogP contribution in [-0.2, 0) is 6.42 Å². The Bertz CT molecular complexity index is 308. The molecular weight excluding hydrogens is 234 g/mol. The number of hydrogen-bond donors (Lipinski definition) is 1. The van der Waals surface area contributed by atoms with Crippen molar-refractivity contribution in [3.63, 3.8) is 0 Å². The van der Waals surface area contributed by atoms with Crippen LogP contribution in [0.25, 0.3) is 0 Å². The third-order valence-corrected chi connectivity index (χ3v) is 3.41. The van der Waals surface area contributed by atoms with Crippen LogP contribution in [0, 0.1) is 0 Å². The van der Waals surface area contributed by atoms with Crippen molar-refractivity contribution in [2.45, 2.75) is 52.4 Å². The summed E-state index contributed by atoms with van der Waals surface area (Å²) in [7, 11) is 0. The van der Waals surface area contributed by atoms with E-state index in [-0.39, 0.29) is 0 Å². The summed E-state index contributed by atoms with van der Waals surface area (Å²) in [4.78, 5) is 0. The molecule has 2 nitrogen and oxygen atoms in total. The summed E-state index contributed by atoms with van der Waals surface area (Å²) in [5.74, 6) is 1.01. The van der Waals surface area contributed by atoms with Gasteiger partial charge in [-0.3, -0.25) is 0 Å². The smallest absolute Gasteiger partial charge is 0.119 e. The second-order valence-corrected chi connectivity index (χ2v) is 5.13. The molecule has 0 aliphatic heterocycles. The highest BCUT2D eigenvalue weighted by molar-refractivity contribution is 5.27. The summed E-state index contributed by atoms with van der Waals surface area (Å²) in [6, 6.07) is 8.46. The molecule has 1 rings (SSSR count). The Balaban J connectivity index is 1.95. The van der Waals surface area contributed by atoms with Crippen molar-refractivity contribution in [1.82, 2.24) is 0 Å². The second kappa shape index (κ2) is 10.9. The van der Waals surface area contributed by atoms with Gasteiger partial charge in [0.2, 0.25) is 0 Å². The van der Waals surface area contributed by atoms with E-state index in [1.54, 1.807) is 0 Å². The molecule has 0 unspecified atom stereocenters. The van der Waals surface area contributed by atoms with Crippen LogP contribution in [0.1, 0.15) is 51.5 Å². The van der Waals surface area contributed by atoms with Crippen molar-refractivity contribution in [2.75, 3.05) is 19.7 Å². The summed E-state index contributed by atoms with van der Waals surface area (Å²) < 4.78 is 5.74. The second-order valence-electron chi connectivity index (χ2n) is 5.13. The standard InChI is InChI=1S/C17H29NO/c1-3-5-13-18-14-7-6-8-15-19-17-11-9-16(4-2)10-12-17/h9-12,18H,3-8,13-15H2,1-2H3/p+1. The number of ether oxygens (including phenoxy) is 1. The first kappa shape index (κ1) is 16.0. The SMILES string of the molecule is CCCC[NH2+]CCCCCOc1ccc(CC)cc1. The zero-order chi connectivity index (χ0) is 13.8. The van der Waals surface area contributed by atoms with Gasteiger partial charge in [0.05, 0.1) is 19.7 Å². The maximum absolute atomic E-state index is 5.74. The van der Waals surface area contributed by atoms with E-state index in [0.29, 0.717) is 0 Å². The molecule has 1 aromatic rings. The minimum absolute atomic E-state index is 0.848. The number of nitrogens with two attached hydrogens (primary N) is 1. The Kier molecular flexibility index (Phi) is 9.17. The lowest BCUT2D eigenvalue weighted by atomic mass is 10.2. The van der Waals surface area contributed by atoms with Gasteiger partial charge in [0.1, 0.15) is 5.75 Å². The average Bonchev–Trinajstić information content (AvgIpc) is 2.46. The molecule has 2 heteroatoms. The lowest BCUT2D eigenvalue weighted by molar-refractivity contribution is -0.655. The van der Waals surface area contributed by atoms with Gasteiger partial charge in [-0.15, -0.1) is 0 Å². The van der Waals surface area contributed by atoms with E-state index in [2.05, 4.69) is 43.4 Å². The zero-order valence-electron chi connectivity index (χ0n) is 12.7. The molecule has 0 heterocycles. The summed E-state index contributed by atoms with van der Waals surface area (Å²) in [6.07, 6.45) is 7.49. The van der Waals surface area contributed by atoms with Crippen LogP contribution in [-0.4, -0.2) is 19.7 Å². The number of benzene rings is 1. The summed E-state index contributed by atoms with van der Waals surface area (Å²) in [5, 5.41) is 2.44. The van der Waals surface area contributed by atoms with Crippen LogP contribution in [0.4, 0.5) is 0 Å². The highest BCUT2D eigenvalue weighted by Gasteiger charge is 1.96. The molecule has 1 aromatic carbocycles. The fraction of sp³-hybridized carbons (Fsp3) is 0.647. The summed E-state index contributed by atoms with van der Waals surface area (Å²) in [6.45, 7) is 7.83. The molecule has 0 radical (unpaired) electrons. The summed E-state index contributed by atoms with van der Waals surface area (Å²) >= 11 is 0. The Morgan fingerprint density at radius 1 is 0.895 bits per heavy atom. The van der Waals surface area contributed by atoms with E-state index >= 15 is 0 Å². The Hall–Kier alpha value is -1.02. The molecule has 0 bridgehead atoms. The summed E-state index contributed by atoms with van der Waals surface area (Å²) in [5.41, 5.74) is 1.37. The number of unbranched alkanes of at least 4 members (excludes halogenated alkanes) is 3. The van der Waals surface area contributed by atoms with E-state index in [1.165, 1.54) is 44.3 Å². The molecule has 19 heavy (non-hydrogen) atoms. The van der Waals surface area contributed by atoms with Gasteiger partial charge >= 0.3 is 0 Å². The molecule has 0 aliphatic carbocycles. The first-order valence-electron chi connectivity index (χ1n) is 7.90. The molecular formula is C17H30NO+. The average molecular weight is 264 g/mol. The fourth-order valence-corrected chi connectivity index (χ4v) is 2.07. The van der Waals surface area contributed by atoms with Crippen LogP contribution >= 0.6 is 0 Å². The quantitative estimate of drug-likeness (QED) is 0.610. The number of hydrogen-bond acceptors (Lipinski definition) is 1. The van der Waals surface area contributed by atoms with E-state index < -0.39 is 0 Å². The van der Waals surface area contributed by atoms with E-state index in [9.17, 15) is 0 Å². The highest BCUT2D eigenvalue weighted by Crippen LogP contribution is 2.12. The number of rotatable bonds is 11. The number of quaternary nitrogens is 1. The van der Waals surface area contributed by atoms with Crippen molar-refractivity contribution in [2.24, 2.45) is 0 Å². The van der Waals surface area contributed by atoms with Crippen LogP contribution in [0.15, 0.2) is 24.3 Å². The topological polar surface area (TPSA) is 25.8 Å². The van der Waals surface area contributed by atoms with E-state index in [1.807, 2.05) is 0 Å².